The number of rotatable bonds is 3. The van der Waals surface area contributed by atoms with Gasteiger partial charge in [0.05, 0.1) is 4.88 Å². The van der Waals surface area contributed by atoms with E-state index in [2.05, 4.69) is 5.16 Å². The van der Waals surface area contributed by atoms with Gasteiger partial charge in [-0.2, -0.15) is 0 Å². The van der Waals surface area contributed by atoms with Gasteiger partial charge in [-0.15, -0.1) is 11.3 Å². The van der Waals surface area contributed by atoms with Gasteiger partial charge in [-0.1, -0.05) is 35.5 Å². The molecule has 0 amide bonds. The standard InChI is InChI=1S/C14H9NO3S/c16-14(17)11-8-10(15-18-11)13-7-6-12(19-13)9-4-2-1-3-5-9/h1-8H,(H,16,17). The quantitative estimate of drug-likeness (QED) is 0.787. The van der Waals surface area contributed by atoms with E-state index in [0.29, 0.717) is 5.69 Å². The number of carboxylic acids is 1. The number of thiophene rings is 1. The maximum absolute atomic E-state index is 10.7. The second kappa shape index (κ2) is 4.70. The van der Waals surface area contributed by atoms with Gasteiger partial charge in [0.15, 0.2) is 0 Å². The third-order valence-corrected chi connectivity index (χ3v) is 3.79. The Hall–Kier alpha value is -2.40. The zero-order chi connectivity index (χ0) is 13.2. The molecule has 1 N–H and O–H groups in total. The van der Waals surface area contributed by atoms with Crippen LogP contribution in [-0.2, 0) is 0 Å². The molecule has 1 aromatic carbocycles. The van der Waals surface area contributed by atoms with Crippen LogP contribution in [0.3, 0.4) is 0 Å². The number of aromatic carboxylic acids is 1. The normalized spacial score (nSPS) is 10.5. The number of carboxylic acid groups (broad SMARTS) is 1. The molecule has 3 rings (SSSR count). The summed E-state index contributed by atoms with van der Waals surface area (Å²) in [6.07, 6.45) is 0. The van der Waals surface area contributed by atoms with Gasteiger partial charge in [-0.3, -0.25) is 0 Å². The first-order chi connectivity index (χ1) is 9.24. The van der Waals surface area contributed by atoms with Crippen LogP contribution in [0.5, 0.6) is 0 Å². The summed E-state index contributed by atoms with van der Waals surface area (Å²) in [5.74, 6) is -1.26. The molecule has 0 bridgehead atoms. The van der Waals surface area contributed by atoms with E-state index >= 15 is 0 Å². The lowest BCUT2D eigenvalue weighted by Crippen LogP contribution is -1.91. The average Bonchev–Trinajstić information content (AvgIpc) is 3.09. The number of hydrogen-bond donors (Lipinski definition) is 1. The number of nitrogens with zero attached hydrogens (tertiary/aromatic N) is 1. The minimum atomic E-state index is -1.11. The van der Waals surface area contributed by atoms with Crippen molar-refractivity contribution < 1.29 is 14.4 Å². The van der Waals surface area contributed by atoms with Crippen LogP contribution in [0.15, 0.2) is 53.1 Å². The van der Waals surface area contributed by atoms with Gasteiger partial charge in [0.2, 0.25) is 5.76 Å². The molecule has 2 aromatic heterocycles. The lowest BCUT2D eigenvalue weighted by atomic mass is 10.2. The smallest absolute Gasteiger partial charge is 0.374 e. The highest BCUT2D eigenvalue weighted by Gasteiger charge is 2.14. The Kier molecular flexibility index (Phi) is 2.89. The second-order valence-electron chi connectivity index (χ2n) is 3.91. The van der Waals surface area contributed by atoms with E-state index in [1.807, 2.05) is 42.5 Å². The largest absolute Gasteiger partial charge is 0.475 e. The number of aromatic nitrogens is 1. The summed E-state index contributed by atoms with van der Waals surface area (Å²) in [7, 11) is 0. The van der Waals surface area contributed by atoms with Crippen LogP contribution in [0.4, 0.5) is 0 Å². The van der Waals surface area contributed by atoms with Gasteiger partial charge in [0.1, 0.15) is 5.69 Å². The van der Waals surface area contributed by atoms with E-state index in [1.54, 1.807) is 11.3 Å². The first-order valence-electron chi connectivity index (χ1n) is 5.60. The van der Waals surface area contributed by atoms with Crippen molar-refractivity contribution in [1.29, 1.82) is 0 Å². The molecular weight excluding hydrogens is 262 g/mol. The molecule has 0 unspecified atom stereocenters. The molecule has 0 fully saturated rings. The van der Waals surface area contributed by atoms with Crippen molar-refractivity contribution in [2.24, 2.45) is 0 Å². The number of benzene rings is 1. The molecule has 94 valence electrons. The molecule has 0 aliphatic heterocycles. The Morgan fingerprint density at radius 3 is 2.53 bits per heavy atom. The highest BCUT2D eigenvalue weighted by Crippen LogP contribution is 2.33. The minimum Gasteiger partial charge on any atom is -0.475 e. The second-order valence-corrected chi connectivity index (χ2v) is 5.00. The van der Waals surface area contributed by atoms with Crippen LogP contribution in [0.25, 0.3) is 21.0 Å². The molecule has 0 spiro atoms. The fourth-order valence-corrected chi connectivity index (χ4v) is 2.69. The highest BCUT2D eigenvalue weighted by atomic mass is 32.1. The van der Waals surface area contributed by atoms with Crippen LogP contribution in [0.2, 0.25) is 0 Å². The maximum atomic E-state index is 10.7. The number of carbonyl (C=O) groups is 1. The third-order valence-electron chi connectivity index (χ3n) is 2.64. The van der Waals surface area contributed by atoms with Crippen molar-refractivity contribution in [1.82, 2.24) is 5.16 Å². The zero-order valence-electron chi connectivity index (χ0n) is 9.74. The van der Waals surface area contributed by atoms with E-state index in [-0.39, 0.29) is 5.76 Å². The minimum absolute atomic E-state index is 0.148. The van der Waals surface area contributed by atoms with Crippen molar-refractivity contribution in [2.45, 2.75) is 0 Å². The number of hydrogen-bond acceptors (Lipinski definition) is 4. The van der Waals surface area contributed by atoms with Gasteiger partial charge in [-0.05, 0) is 17.7 Å². The summed E-state index contributed by atoms with van der Waals surface area (Å²) < 4.78 is 4.75. The third kappa shape index (κ3) is 2.28. The first kappa shape index (κ1) is 11.7. The van der Waals surface area contributed by atoms with Gasteiger partial charge in [-0.25, -0.2) is 4.79 Å². The van der Waals surface area contributed by atoms with E-state index < -0.39 is 5.97 Å². The summed E-state index contributed by atoms with van der Waals surface area (Å²) >= 11 is 1.55. The molecular formula is C14H9NO3S. The van der Waals surface area contributed by atoms with Crippen molar-refractivity contribution in [3.8, 4) is 21.0 Å². The van der Waals surface area contributed by atoms with Crippen LogP contribution >= 0.6 is 11.3 Å². The molecule has 0 saturated heterocycles. The van der Waals surface area contributed by atoms with Crippen molar-refractivity contribution in [3.63, 3.8) is 0 Å². The lowest BCUT2D eigenvalue weighted by Gasteiger charge is -1.94. The Labute approximate surface area is 112 Å². The molecule has 2 heterocycles. The summed E-state index contributed by atoms with van der Waals surface area (Å²) in [5, 5.41) is 12.6. The fourth-order valence-electron chi connectivity index (χ4n) is 1.73. The molecule has 4 nitrogen and oxygen atoms in total. The Morgan fingerprint density at radius 2 is 1.84 bits per heavy atom. The highest BCUT2D eigenvalue weighted by molar-refractivity contribution is 7.18. The van der Waals surface area contributed by atoms with Crippen LogP contribution in [-0.4, -0.2) is 16.2 Å². The van der Waals surface area contributed by atoms with Crippen molar-refractivity contribution >= 4 is 17.3 Å². The van der Waals surface area contributed by atoms with E-state index in [1.165, 1.54) is 6.07 Å². The van der Waals surface area contributed by atoms with Crippen LogP contribution < -0.4 is 0 Å². The lowest BCUT2D eigenvalue weighted by molar-refractivity contribution is 0.0652. The van der Waals surface area contributed by atoms with Gasteiger partial charge < -0.3 is 9.63 Å². The zero-order valence-corrected chi connectivity index (χ0v) is 10.6. The Bertz CT molecular complexity index is 715. The summed E-state index contributed by atoms with van der Waals surface area (Å²) in [5.41, 5.74) is 1.67. The average molecular weight is 271 g/mol. The molecule has 19 heavy (non-hydrogen) atoms. The monoisotopic (exact) mass is 271 g/mol. The van der Waals surface area contributed by atoms with Crippen molar-refractivity contribution in [3.05, 3.63) is 54.3 Å². The fraction of sp³-hybridized carbons (Fsp3) is 0. The van der Waals surface area contributed by atoms with Gasteiger partial charge in [0.25, 0.3) is 0 Å². The molecule has 0 saturated carbocycles. The van der Waals surface area contributed by atoms with E-state index in [0.717, 1.165) is 15.3 Å². The predicted molar refractivity (Wildman–Crippen MR) is 72.2 cm³/mol. The van der Waals surface area contributed by atoms with E-state index in [9.17, 15) is 4.79 Å². The summed E-state index contributed by atoms with van der Waals surface area (Å²) in [4.78, 5) is 12.7. The summed E-state index contributed by atoms with van der Waals surface area (Å²) in [6, 6.07) is 15.3. The molecule has 3 aromatic rings. The molecule has 0 aliphatic carbocycles. The molecule has 0 atom stereocenters. The van der Waals surface area contributed by atoms with Crippen LogP contribution in [0, 0.1) is 0 Å². The summed E-state index contributed by atoms with van der Waals surface area (Å²) in [6.45, 7) is 0. The van der Waals surface area contributed by atoms with Crippen LogP contribution in [0.1, 0.15) is 10.6 Å². The maximum Gasteiger partial charge on any atom is 0.374 e. The van der Waals surface area contributed by atoms with Gasteiger partial charge in [0, 0.05) is 10.9 Å². The molecule has 5 heteroatoms. The van der Waals surface area contributed by atoms with E-state index in [4.69, 9.17) is 9.63 Å². The molecule has 0 radical (unpaired) electrons. The van der Waals surface area contributed by atoms with Crippen molar-refractivity contribution in [2.75, 3.05) is 0 Å². The Balaban J connectivity index is 1.94. The topological polar surface area (TPSA) is 63.3 Å². The molecule has 0 aliphatic rings. The van der Waals surface area contributed by atoms with Gasteiger partial charge >= 0.3 is 5.97 Å². The first-order valence-corrected chi connectivity index (χ1v) is 6.41. The SMILES string of the molecule is O=C(O)c1cc(-c2ccc(-c3ccccc3)s2)no1. The Morgan fingerprint density at radius 1 is 1.11 bits per heavy atom. The predicted octanol–water partition coefficient (Wildman–Crippen LogP) is 3.77.